The van der Waals surface area contributed by atoms with Crippen LogP contribution in [0.1, 0.15) is 35.3 Å². The minimum absolute atomic E-state index is 0.0488. The highest BCUT2D eigenvalue weighted by Crippen LogP contribution is 2.30. The van der Waals surface area contributed by atoms with Crippen LogP contribution in [-0.2, 0) is 0 Å². The van der Waals surface area contributed by atoms with Crippen LogP contribution in [-0.4, -0.2) is 37.1 Å². The molecule has 1 heterocycles. The molecular formula is C22H27FN3OS+. The maximum absolute atomic E-state index is 13.6. The third kappa shape index (κ3) is 4.39. The Hall–Kier alpha value is -2.31. The lowest BCUT2D eigenvalue weighted by atomic mass is 10.0. The zero-order chi connectivity index (χ0) is 20.3. The molecule has 0 saturated carbocycles. The van der Waals surface area contributed by atoms with Crippen molar-refractivity contribution in [2.24, 2.45) is 0 Å². The molecule has 28 heavy (non-hydrogen) atoms. The van der Waals surface area contributed by atoms with Gasteiger partial charge in [0.15, 0.2) is 5.13 Å². The van der Waals surface area contributed by atoms with E-state index in [1.807, 2.05) is 32.0 Å². The highest BCUT2D eigenvalue weighted by atomic mass is 32.1. The van der Waals surface area contributed by atoms with Crippen molar-refractivity contribution in [2.75, 3.05) is 31.1 Å². The number of quaternary nitrogens is 1. The Morgan fingerprint density at radius 3 is 2.61 bits per heavy atom. The molecule has 0 bridgehead atoms. The van der Waals surface area contributed by atoms with Crippen LogP contribution in [0.3, 0.4) is 0 Å². The van der Waals surface area contributed by atoms with Gasteiger partial charge in [0.05, 0.1) is 36.4 Å². The average molecular weight is 401 g/mol. The number of rotatable bonds is 7. The second-order valence-corrected chi connectivity index (χ2v) is 8.10. The number of aryl methyl sites for hydroxylation is 2. The van der Waals surface area contributed by atoms with Crippen molar-refractivity contribution in [2.45, 2.75) is 27.7 Å². The van der Waals surface area contributed by atoms with Gasteiger partial charge in [-0.3, -0.25) is 9.69 Å². The highest BCUT2D eigenvalue weighted by molar-refractivity contribution is 7.22. The summed E-state index contributed by atoms with van der Waals surface area (Å²) in [5.74, 6) is -0.338. The molecule has 0 radical (unpaired) electrons. The number of nitrogens with one attached hydrogen (secondary N) is 1. The molecule has 1 amide bonds. The number of fused-ring (bicyclic) bond motifs is 1. The van der Waals surface area contributed by atoms with Crippen LogP contribution in [0, 0.1) is 19.7 Å². The number of halogens is 1. The summed E-state index contributed by atoms with van der Waals surface area (Å²) >= 11 is 1.36. The number of aromatic nitrogens is 1. The van der Waals surface area contributed by atoms with E-state index in [9.17, 15) is 9.18 Å². The molecule has 2 aromatic carbocycles. The summed E-state index contributed by atoms with van der Waals surface area (Å²) in [6.07, 6.45) is 0. The van der Waals surface area contributed by atoms with Crippen LogP contribution >= 0.6 is 11.3 Å². The third-order valence-electron chi connectivity index (χ3n) is 5.13. The Labute approximate surface area is 169 Å². The minimum Gasteiger partial charge on any atom is -0.334 e. The Balaban J connectivity index is 2.00. The zero-order valence-corrected chi connectivity index (χ0v) is 17.7. The quantitative estimate of drug-likeness (QED) is 0.658. The van der Waals surface area contributed by atoms with Crippen molar-refractivity contribution < 1.29 is 14.1 Å². The highest BCUT2D eigenvalue weighted by Gasteiger charge is 2.24. The lowest BCUT2D eigenvalue weighted by Crippen LogP contribution is -3.12. The molecule has 0 spiro atoms. The van der Waals surface area contributed by atoms with Crippen molar-refractivity contribution in [1.29, 1.82) is 0 Å². The summed E-state index contributed by atoms with van der Waals surface area (Å²) in [6.45, 7) is 11.7. The average Bonchev–Trinajstić information content (AvgIpc) is 3.09. The van der Waals surface area contributed by atoms with Crippen molar-refractivity contribution >= 4 is 32.6 Å². The van der Waals surface area contributed by atoms with Crippen LogP contribution in [0.2, 0.25) is 0 Å². The molecule has 0 aliphatic heterocycles. The molecule has 0 unspecified atom stereocenters. The Morgan fingerprint density at radius 2 is 1.89 bits per heavy atom. The van der Waals surface area contributed by atoms with Gasteiger partial charge in [-0.25, -0.2) is 9.37 Å². The van der Waals surface area contributed by atoms with E-state index < -0.39 is 0 Å². The normalized spacial score (nSPS) is 11.4. The monoisotopic (exact) mass is 400 g/mol. The number of amides is 1. The summed E-state index contributed by atoms with van der Waals surface area (Å²) in [6, 6.07) is 10.5. The summed E-state index contributed by atoms with van der Waals surface area (Å²) < 4.78 is 14.4. The minimum atomic E-state index is -0.289. The fourth-order valence-corrected chi connectivity index (χ4v) is 4.29. The van der Waals surface area contributed by atoms with Crippen LogP contribution in [0.25, 0.3) is 10.2 Å². The first-order valence-corrected chi connectivity index (χ1v) is 10.5. The Bertz CT molecular complexity index is 981. The van der Waals surface area contributed by atoms with E-state index in [2.05, 4.69) is 18.8 Å². The molecule has 6 heteroatoms. The second-order valence-electron chi connectivity index (χ2n) is 7.09. The first-order valence-electron chi connectivity index (χ1n) is 9.71. The molecule has 4 nitrogen and oxygen atoms in total. The molecule has 1 aromatic heterocycles. The standard InChI is InChI=1S/C22H26FN3OS/c1-5-25(6-2)11-12-26(21(27)18-13-15(3)7-8-16(18)4)22-24-19-10-9-17(23)14-20(19)28-22/h7-10,13-14H,5-6,11-12H2,1-4H3/p+1. The van der Waals surface area contributed by atoms with Gasteiger partial charge in [-0.1, -0.05) is 29.0 Å². The number of nitrogens with zero attached hydrogens (tertiary/aromatic N) is 2. The SMILES string of the molecule is CC[NH+](CC)CCN(C(=O)c1cc(C)ccc1C)c1nc2ccc(F)cc2s1. The number of carbonyl (C=O) groups excluding carboxylic acids is 1. The van der Waals surface area contributed by atoms with E-state index >= 15 is 0 Å². The van der Waals surface area contributed by atoms with Gasteiger partial charge >= 0.3 is 0 Å². The fourth-order valence-electron chi connectivity index (χ4n) is 3.27. The number of carbonyl (C=O) groups is 1. The molecule has 0 aliphatic rings. The summed E-state index contributed by atoms with van der Waals surface area (Å²) in [5.41, 5.74) is 3.41. The van der Waals surface area contributed by atoms with Crippen LogP contribution in [0.4, 0.5) is 9.52 Å². The van der Waals surface area contributed by atoms with Gasteiger partial charge in [-0.05, 0) is 57.5 Å². The maximum atomic E-state index is 13.6. The molecule has 0 fully saturated rings. The van der Waals surface area contributed by atoms with Gasteiger partial charge in [0.1, 0.15) is 5.82 Å². The van der Waals surface area contributed by atoms with Crippen LogP contribution < -0.4 is 9.80 Å². The largest absolute Gasteiger partial charge is 0.334 e. The molecule has 0 saturated heterocycles. The number of hydrogen-bond acceptors (Lipinski definition) is 3. The fraction of sp³-hybridized carbons (Fsp3) is 0.364. The van der Waals surface area contributed by atoms with E-state index in [4.69, 9.17) is 0 Å². The molecule has 0 atom stereocenters. The molecular weight excluding hydrogens is 373 g/mol. The first kappa shape index (κ1) is 20.4. The van der Waals surface area contributed by atoms with Crippen molar-refractivity contribution in [3.05, 3.63) is 58.9 Å². The van der Waals surface area contributed by atoms with Gasteiger partial charge in [-0.15, -0.1) is 0 Å². The predicted octanol–water partition coefficient (Wildman–Crippen LogP) is 3.62. The van der Waals surface area contributed by atoms with Gasteiger partial charge in [0.25, 0.3) is 5.91 Å². The van der Waals surface area contributed by atoms with E-state index in [0.29, 0.717) is 17.2 Å². The second kappa shape index (κ2) is 8.80. The van der Waals surface area contributed by atoms with E-state index in [1.165, 1.54) is 28.4 Å². The van der Waals surface area contributed by atoms with E-state index in [-0.39, 0.29) is 11.7 Å². The van der Waals surface area contributed by atoms with Gasteiger partial charge in [0, 0.05) is 5.56 Å². The van der Waals surface area contributed by atoms with Crippen LogP contribution in [0.15, 0.2) is 36.4 Å². The lowest BCUT2D eigenvalue weighted by molar-refractivity contribution is -0.894. The Kier molecular flexibility index (Phi) is 6.42. The van der Waals surface area contributed by atoms with Gasteiger partial charge < -0.3 is 4.90 Å². The summed E-state index contributed by atoms with van der Waals surface area (Å²) in [5, 5.41) is 0.623. The number of anilines is 1. The topological polar surface area (TPSA) is 37.6 Å². The van der Waals surface area contributed by atoms with Crippen molar-refractivity contribution in [3.63, 3.8) is 0 Å². The predicted molar refractivity (Wildman–Crippen MR) is 114 cm³/mol. The molecule has 3 rings (SSSR count). The van der Waals surface area contributed by atoms with E-state index in [0.717, 1.165) is 41.0 Å². The molecule has 3 aromatic rings. The van der Waals surface area contributed by atoms with Gasteiger partial charge in [-0.2, -0.15) is 0 Å². The van der Waals surface area contributed by atoms with Crippen LogP contribution in [0.5, 0.6) is 0 Å². The number of hydrogen-bond donors (Lipinski definition) is 1. The number of likely N-dealkylation sites (N-methyl/N-ethyl adjacent to an activating group) is 1. The zero-order valence-electron chi connectivity index (χ0n) is 16.9. The van der Waals surface area contributed by atoms with E-state index in [1.54, 1.807) is 11.0 Å². The lowest BCUT2D eigenvalue weighted by Gasteiger charge is -2.23. The molecule has 0 aliphatic carbocycles. The molecule has 148 valence electrons. The maximum Gasteiger partial charge on any atom is 0.260 e. The Morgan fingerprint density at radius 1 is 1.14 bits per heavy atom. The van der Waals surface area contributed by atoms with Crippen molar-refractivity contribution in [1.82, 2.24) is 4.98 Å². The van der Waals surface area contributed by atoms with Crippen molar-refractivity contribution in [3.8, 4) is 0 Å². The van der Waals surface area contributed by atoms with Gasteiger partial charge in [0.2, 0.25) is 0 Å². The summed E-state index contributed by atoms with van der Waals surface area (Å²) in [4.78, 5) is 21.3. The number of thiazole rings is 1. The summed E-state index contributed by atoms with van der Waals surface area (Å²) in [7, 11) is 0. The number of benzene rings is 2. The molecule has 1 N–H and O–H groups in total. The first-order chi connectivity index (χ1) is 13.4. The smallest absolute Gasteiger partial charge is 0.260 e. The third-order valence-corrected chi connectivity index (χ3v) is 6.17.